The minimum Gasteiger partial charge on any atom is -0.352 e. The van der Waals surface area contributed by atoms with Gasteiger partial charge >= 0.3 is 0 Å². The van der Waals surface area contributed by atoms with E-state index in [-0.39, 0.29) is 5.91 Å². The fourth-order valence-corrected chi connectivity index (χ4v) is 4.61. The highest BCUT2D eigenvalue weighted by Gasteiger charge is 2.15. The normalized spacial score (nSPS) is 15.0. The molecule has 1 saturated heterocycles. The molecule has 4 rings (SSSR count). The van der Waals surface area contributed by atoms with Gasteiger partial charge in [0.1, 0.15) is 0 Å². The zero-order valence-electron chi connectivity index (χ0n) is 18.4. The van der Waals surface area contributed by atoms with Crippen molar-refractivity contribution in [2.75, 3.05) is 46.3 Å². The molecule has 1 aliphatic heterocycles. The van der Waals surface area contributed by atoms with Gasteiger partial charge in [0, 0.05) is 37.6 Å². The molecule has 0 aliphatic carbocycles. The summed E-state index contributed by atoms with van der Waals surface area (Å²) in [5.74, 6) is 1.27. The second-order valence-electron chi connectivity index (χ2n) is 7.88. The highest BCUT2D eigenvalue weighted by Crippen LogP contribution is 2.26. The summed E-state index contributed by atoms with van der Waals surface area (Å²) in [5.41, 5.74) is 1.61. The summed E-state index contributed by atoms with van der Waals surface area (Å²) in [4.78, 5) is 18.6. The number of carbonyl (C=O) groups excluding carboxylic acids is 1. The highest BCUT2D eigenvalue weighted by molar-refractivity contribution is 7.98. The largest absolute Gasteiger partial charge is 0.352 e. The first-order valence-corrected chi connectivity index (χ1v) is 11.9. The molecule has 2 heterocycles. The Morgan fingerprint density at radius 1 is 1.03 bits per heavy atom. The van der Waals surface area contributed by atoms with Crippen LogP contribution in [0.1, 0.15) is 22.6 Å². The number of rotatable bonds is 9. The second-order valence-corrected chi connectivity index (χ2v) is 8.90. The standard InChI is InChI=1S/C23H29N7OS/c1-28-14-16-29(17-15-28)13-7-12-24-23(31)20-10-5-6-11-21(20)32-18-22-25-26-27-30(22)19-8-3-2-4-9-19/h2-6,8-11H,7,12-18H2,1H3,(H,24,31). The maximum absolute atomic E-state index is 12.8. The average Bonchev–Trinajstić information content (AvgIpc) is 3.31. The lowest BCUT2D eigenvalue weighted by molar-refractivity contribution is 0.0946. The summed E-state index contributed by atoms with van der Waals surface area (Å²) < 4.78 is 1.73. The molecule has 0 atom stereocenters. The van der Waals surface area contributed by atoms with E-state index < -0.39 is 0 Å². The third kappa shape index (κ3) is 5.93. The lowest BCUT2D eigenvalue weighted by Gasteiger charge is -2.32. The van der Waals surface area contributed by atoms with E-state index in [0.717, 1.165) is 55.6 Å². The first-order chi connectivity index (χ1) is 15.7. The number of piperazine rings is 1. The van der Waals surface area contributed by atoms with Crippen LogP contribution in [0.25, 0.3) is 5.69 Å². The summed E-state index contributed by atoms with van der Waals surface area (Å²) >= 11 is 1.57. The van der Waals surface area contributed by atoms with Crippen LogP contribution < -0.4 is 5.32 Å². The Kier molecular flexibility index (Phi) is 7.87. The topological polar surface area (TPSA) is 79.2 Å². The number of amides is 1. The van der Waals surface area contributed by atoms with Crippen molar-refractivity contribution in [1.29, 1.82) is 0 Å². The molecule has 9 heteroatoms. The summed E-state index contributed by atoms with van der Waals surface area (Å²) in [5, 5.41) is 15.2. The van der Waals surface area contributed by atoms with Crippen molar-refractivity contribution in [2.24, 2.45) is 0 Å². The fourth-order valence-electron chi connectivity index (χ4n) is 3.66. The van der Waals surface area contributed by atoms with Crippen LogP contribution in [0.2, 0.25) is 0 Å². The van der Waals surface area contributed by atoms with Gasteiger partial charge in [0.25, 0.3) is 5.91 Å². The molecule has 0 saturated carbocycles. The van der Waals surface area contributed by atoms with Gasteiger partial charge in [-0.1, -0.05) is 30.3 Å². The number of para-hydroxylation sites is 1. The summed E-state index contributed by atoms with van der Waals surface area (Å²) in [7, 11) is 2.16. The van der Waals surface area contributed by atoms with Gasteiger partial charge in [-0.15, -0.1) is 16.9 Å². The first kappa shape index (κ1) is 22.4. The maximum Gasteiger partial charge on any atom is 0.252 e. The third-order valence-corrected chi connectivity index (χ3v) is 6.63. The monoisotopic (exact) mass is 451 g/mol. The van der Waals surface area contributed by atoms with Crippen LogP contribution >= 0.6 is 11.8 Å². The number of likely N-dealkylation sites (N-methyl/N-ethyl adjacent to an activating group) is 1. The number of hydrogen-bond acceptors (Lipinski definition) is 7. The molecule has 0 radical (unpaired) electrons. The Morgan fingerprint density at radius 3 is 2.59 bits per heavy atom. The number of hydrogen-bond donors (Lipinski definition) is 1. The quantitative estimate of drug-likeness (QED) is 0.395. The van der Waals surface area contributed by atoms with Crippen LogP contribution in [0.4, 0.5) is 0 Å². The van der Waals surface area contributed by atoms with Crippen LogP contribution in [0.3, 0.4) is 0 Å². The molecule has 0 spiro atoms. The summed E-state index contributed by atoms with van der Waals surface area (Å²) in [6.07, 6.45) is 0.955. The average molecular weight is 452 g/mol. The molecular formula is C23H29N7OS. The molecule has 1 N–H and O–H groups in total. The number of benzene rings is 2. The molecule has 168 valence electrons. The van der Waals surface area contributed by atoms with Gasteiger partial charge in [-0.05, 0) is 54.7 Å². The van der Waals surface area contributed by atoms with E-state index in [1.54, 1.807) is 16.4 Å². The molecule has 1 aromatic heterocycles. The molecular weight excluding hydrogens is 422 g/mol. The number of thioether (sulfide) groups is 1. The van der Waals surface area contributed by atoms with Crippen LogP contribution in [-0.4, -0.2) is 82.2 Å². The number of nitrogens with zero attached hydrogens (tertiary/aromatic N) is 6. The zero-order valence-corrected chi connectivity index (χ0v) is 19.2. The summed E-state index contributed by atoms with van der Waals surface area (Å²) in [6, 6.07) is 17.5. The van der Waals surface area contributed by atoms with E-state index in [2.05, 4.69) is 37.7 Å². The highest BCUT2D eigenvalue weighted by atomic mass is 32.2. The van der Waals surface area contributed by atoms with Gasteiger partial charge in [-0.25, -0.2) is 0 Å². The van der Waals surface area contributed by atoms with Crippen LogP contribution in [0, 0.1) is 0 Å². The second kappa shape index (κ2) is 11.2. The van der Waals surface area contributed by atoms with E-state index in [9.17, 15) is 4.79 Å². The van der Waals surface area contributed by atoms with Crippen molar-refractivity contribution < 1.29 is 4.79 Å². The van der Waals surface area contributed by atoms with Crippen molar-refractivity contribution in [3.8, 4) is 5.69 Å². The Bertz CT molecular complexity index is 1000. The molecule has 8 nitrogen and oxygen atoms in total. The van der Waals surface area contributed by atoms with Crippen molar-refractivity contribution in [3.05, 3.63) is 66.0 Å². The van der Waals surface area contributed by atoms with E-state index >= 15 is 0 Å². The lowest BCUT2D eigenvalue weighted by Crippen LogP contribution is -2.45. The minimum absolute atomic E-state index is 0.0332. The van der Waals surface area contributed by atoms with Gasteiger partial charge < -0.3 is 15.1 Å². The number of aromatic nitrogens is 4. The van der Waals surface area contributed by atoms with Gasteiger partial charge in [-0.3, -0.25) is 4.79 Å². The number of tetrazole rings is 1. The Hall–Kier alpha value is -2.75. The smallest absolute Gasteiger partial charge is 0.252 e. The van der Waals surface area contributed by atoms with Crippen molar-refractivity contribution >= 4 is 17.7 Å². The van der Waals surface area contributed by atoms with Gasteiger partial charge in [-0.2, -0.15) is 4.68 Å². The number of carbonyl (C=O) groups is 1. The van der Waals surface area contributed by atoms with Crippen molar-refractivity contribution in [2.45, 2.75) is 17.1 Å². The van der Waals surface area contributed by atoms with E-state index in [4.69, 9.17) is 0 Å². The third-order valence-electron chi connectivity index (χ3n) is 5.56. The van der Waals surface area contributed by atoms with Crippen molar-refractivity contribution in [3.63, 3.8) is 0 Å². The fraction of sp³-hybridized carbons (Fsp3) is 0.391. The summed E-state index contributed by atoms with van der Waals surface area (Å²) in [6.45, 7) is 6.14. The Morgan fingerprint density at radius 2 is 1.78 bits per heavy atom. The zero-order chi connectivity index (χ0) is 22.2. The molecule has 0 bridgehead atoms. The maximum atomic E-state index is 12.8. The molecule has 1 amide bonds. The van der Waals surface area contributed by atoms with E-state index in [0.29, 0.717) is 17.9 Å². The lowest BCUT2D eigenvalue weighted by atomic mass is 10.2. The van der Waals surface area contributed by atoms with E-state index in [1.165, 1.54) is 0 Å². The van der Waals surface area contributed by atoms with Gasteiger partial charge in [0.2, 0.25) is 0 Å². The van der Waals surface area contributed by atoms with Gasteiger partial charge in [0.15, 0.2) is 5.82 Å². The molecule has 2 aromatic carbocycles. The Balaban J connectivity index is 1.30. The van der Waals surface area contributed by atoms with Crippen LogP contribution in [0.15, 0.2) is 59.5 Å². The SMILES string of the molecule is CN1CCN(CCCNC(=O)c2ccccc2SCc2nnnn2-c2ccccc2)CC1. The molecule has 0 unspecified atom stereocenters. The minimum atomic E-state index is -0.0332. The Labute approximate surface area is 193 Å². The van der Waals surface area contributed by atoms with Crippen molar-refractivity contribution in [1.82, 2.24) is 35.3 Å². The molecule has 3 aromatic rings. The number of nitrogens with one attached hydrogen (secondary N) is 1. The predicted molar refractivity (Wildman–Crippen MR) is 126 cm³/mol. The van der Waals surface area contributed by atoms with Crippen LogP contribution in [-0.2, 0) is 5.75 Å². The molecule has 32 heavy (non-hydrogen) atoms. The predicted octanol–water partition coefficient (Wildman–Crippen LogP) is 2.32. The van der Waals surface area contributed by atoms with Crippen LogP contribution in [0.5, 0.6) is 0 Å². The molecule has 1 aliphatic rings. The first-order valence-electron chi connectivity index (χ1n) is 10.9. The van der Waals surface area contributed by atoms with E-state index in [1.807, 2.05) is 54.6 Å². The van der Waals surface area contributed by atoms with Gasteiger partial charge in [0.05, 0.1) is 17.0 Å². The molecule has 1 fully saturated rings.